The lowest BCUT2D eigenvalue weighted by molar-refractivity contribution is 0.00386. The second-order valence-corrected chi connectivity index (χ2v) is 4.36. The Morgan fingerprint density at radius 3 is 2.79 bits per heavy atom. The van der Waals surface area contributed by atoms with Crippen LogP contribution in [0.3, 0.4) is 0 Å². The molecule has 4 nitrogen and oxygen atoms in total. The van der Waals surface area contributed by atoms with Crippen LogP contribution in [0.25, 0.3) is 10.8 Å². The van der Waals surface area contributed by atoms with Gasteiger partial charge in [0.25, 0.3) is 6.43 Å². The summed E-state index contributed by atoms with van der Waals surface area (Å²) in [6.07, 6.45) is -2.82. The van der Waals surface area contributed by atoms with E-state index in [1.165, 1.54) is 0 Å². The molecule has 0 saturated heterocycles. The minimum absolute atomic E-state index is 0.224. The lowest BCUT2D eigenvalue weighted by Gasteiger charge is -2.14. The van der Waals surface area contributed by atoms with Gasteiger partial charge >= 0.3 is 0 Å². The maximum Gasteiger partial charge on any atom is 0.265 e. The first-order valence-corrected chi connectivity index (χ1v) is 5.84. The molecule has 2 aromatic rings. The monoisotopic (exact) mass is 267 g/mol. The number of nitrogens with one attached hydrogen (secondary N) is 1. The Morgan fingerprint density at radius 1 is 1.37 bits per heavy atom. The number of nitrogens with two attached hydrogens (primary N) is 1. The number of hydrogen-bond donors (Lipinski definition) is 3. The third-order valence-electron chi connectivity index (χ3n) is 2.86. The number of aliphatic hydroxyl groups is 1. The zero-order valence-corrected chi connectivity index (χ0v) is 10.4. The lowest BCUT2D eigenvalue weighted by Crippen LogP contribution is -2.26. The summed E-state index contributed by atoms with van der Waals surface area (Å²) >= 11 is 0. The van der Waals surface area contributed by atoms with E-state index in [9.17, 15) is 8.78 Å². The van der Waals surface area contributed by atoms with Crippen LogP contribution in [-0.4, -0.2) is 29.2 Å². The Morgan fingerprint density at radius 2 is 2.11 bits per heavy atom. The van der Waals surface area contributed by atoms with E-state index in [-0.39, 0.29) is 6.54 Å². The molecular formula is C13H15F2N3O. The summed E-state index contributed by atoms with van der Waals surface area (Å²) in [5, 5.41) is 13.5. The van der Waals surface area contributed by atoms with Crippen molar-refractivity contribution in [2.24, 2.45) is 0 Å². The minimum atomic E-state index is -2.77. The molecule has 0 fully saturated rings. The highest BCUT2D eigenvalue weighted by molar-refractivity contribution is 6.00. The van der Waals surface area contributed by atoms with Crippen molar-refractivity contribution in [1.82, 2.24) is 4.98 Å². The highest BCUT2D eigenvalue weighted by atomic mass is 19.3. The van der Waals surface area contributed by atoms with Crippen molar-refractivity contribution >= 4 is 22.1 Å². The van der Waals surface area contributed by atoms with Gasteiger partial charge in [-0.1, -0.05) is 0 Å². The number of nitrogen functional groups attached to an aromatic ring is 1. The van der Waals surface area contributed by atoms with Gasteiger partial charge in [0, 0.05) is 40.6 Å². The van der Waals surface area contributed by atoms with Gasteiger partial charge in [-0.3, -0.25) is 4.98 Å². The van der Waals surface area contributed by atoms with E-state index in [2.05, 4.69) is 10.3 Å². The average Bonchev–Trinajstić information content (AvgIpc) is 2.37. The minimum Gasteiger partial charge on any atom is -0.398 e. The van der Waals surface area contributed by atoms with Gasteiger partial charge in [0.2, 0.25) is 0 Å². The Labute approximate surface area is 109 Å². The van der Waals surface area contributed by atoms with Crippen LogP contribution in [0.5, 0.6) is 0 Å². The van der Waals surface area contributed by atoms with Gasteiger partial charge in [-0.05, 0) is 25.1 Å². The quantitative estimate of drug-likeness (QED) is 0.742. The predicted molar refractivity (Wildman–Crippen MR) is 71.4 cm³/mol. The summed E-state index contributed by atoms with van der Waals surface area (Å²) in [5.41, 5.74) is 7.86. The van der Waals surface area contributed by atoms with Crippen LogP contribution in [0.4, 0.5) is 20.2 Å². The number of aromatic nitrogens is 1. The maximum absolute atomic E-state index is 12.3. The Hall–Kier alpha value is -1.95. The number of fused-ring (bicyclic) bond motifs is 1. The molecule has 4 N–H and O–H groups in total. The molecule has 1 atom stereocenters. The van der Waals surface area contributed by atoms with E-state index in [0.717, 1.165) is 16.5 Å². The average molecular weight is 267 g/mol. The molecule has 1 aromatic heterocycles. The number of rotatable bonds is 4. The molecule has 2 rings (SSSR count). The third-order valence-corrected chi connectivity index (χ3v) is 2.86. The zero-order valence-electron chi connectivity index (χ0n) is 10.4. The molecular weight excluding hydrogens is 252 g/mol. The SMILES string of the molecule is Cc1cc2c(NCC(O)C(F)F)ccc(N)c2cn1. The van der Waals surface area contributed by atoms with Crippen molar-refractivity contribution in [3.63, 3.8) is 0 Å². The maximum atomic E-state index is 12.3. The van der Waals surface area contributed by atoms with Crippen LogP contribution in [0.1, 0.15) is 5.69 Å². The van der Waals surface area contributed by atoms with Gasteiger partial charge in [-0.15, -0.1) is 0 Å². The molecule has 102 valence electrons. The molecule has 0 aliphatic carbocycles. The van der Waals surface area contributed by atoms with Crippen LogP contribution < -0.4 is 11.1 Å². The molecule has 0 spiro atoms. The van der Waals surface area contributed by atoms with E-state index >= 15 is 0 Å². The standard InChI is InChI=1S/C13H15F2N3O/c1-7-4-8-9(5-17-7)10(16)2-3-11(8)18-6-12(19)13(14)15/h2-5,12-13,18-19H,6,16H2,1H3. The van der Waals surface area contributed by atoms with Gasteiger partial charge in [0.05, 0.1) is 0 Å². The number of anilines is 2. The van der Waals surface area contributed by atoms with E-state index in [1.807, 2.05) is 13.0 Å². The summed E-state index contributed by atoms with van der Waals surface area (Å²) in [6, 6.07) is 5.20. The summed E-state index contributed by atoms with van der Waals surface area (Å²) in [5.74, 6) is 0. The van der Waals surface area contributed by atoms with E-state index in [1.54, 1.807) is 18.3 Å². The van der Waals surface area contributed by atoms with Crippen molar-refractivity contribution in [1.29, 1.82) is 0 Å². The van der Waals surface area contributed by atoms with Crippen molar-refractivity contribution in [3.8, 4) is 0 Å². The second-order valence-electron chi connectivity index (χ2n) is 4.36. The molecule has 0 radical (unpaired) electrons. The summed E-state index contributed by atoms with van der Waals surface area (Å²) in [4.78, 5) is 4.16. The first kappa shape index (κ1) is 13.5. The van der Waals surface area contributed by atoms with Gasteiger partial charge in [-0.25, -0.2) is 8.78 Å². The number of aryl methyl sites for hydroxylation is 1. The number of nitrogens with zero attached hydrogens (tertiary/aromatic N) is 1. The Balaban J connectivity index is 2.33. The number of benzene rings is 1. The molecule has 0 bridgehead atoms. The van der Waals surface area contributed by atoms with E-state index < -0.39 is 12.5 Å². The number of pyridine rings is 1. The van der Waals surface area contributed by atoms with Gasteiger partial charge in [-0.2, -0.15) is 0 Å². The van der Waals surface area contributed by atoms with Crippen LogP contribution in [0.2, 0.25) is 0 Å². The molecule has 0 amide bonds. The van der Waals surface area contributed by atoms with Gasteiger partial charge in [0.15, 0.2) is 0 Å². The molecule has 1 unspecified atom stereocenters. The number of halogens is 2. The normalized spacial score (nSPS) is 12.9. The second kappa shape index (κ2) is 5.36. The number of hydrogen-bond acceptors (Lipinski definition) is 4. The van der Waals surface area contributed by atoms with Crippen LogP contribution >= 0.6 is 0 Å². The topological polar surface area (TPSA) is 71.2 Å². The van der Waals surface area contributed by atoms with Crippen molar-refractivity contribution < 1.29 is 13.9 Å². The number of aliphatic hydroxyl groups excluding tert-OH is 1. The molecule has 0 aliphatic heterocycles. The summed E-state index contributed by atoms with van der Waals surface area (Å²) < 4.78 is 24.5. The Bertz CT molecular complexity index is 589. The predicted octanol–water partition coefficient (Wildman–Crippen LogP) is 2.16. The lowest BCUT2D eigenvalue weighted by atomic mass is 10.1. The zero-order chi connectivity index (χ0) is 14.0. The van der Waals surface area contributed by atoms with Crippen LogP contribution in [0, 0.1) is 6.92 Å². The first-order chi connectivity index (χ1) is 8.99. The highest BCUT2D eigenvalue weighted by Gasteiger charge is 2.16. The summed E-state index contributed by atoms with van der Waals surface area (Å²) in [7, 11) is 0. The fraction of sp³-hybridized carbons (Fsp3) is 0.308. The molecule has 0 saturated carbocycles. The van der Waals surface area contributed by atoms with Crippen LogP contribution in [0.15, 0.2) is 24.4 Å². The fourth-order valence-corrected chi connectivity index (χ4v) is 1.82. The fourth-order valence-electron chi connectivity index (χ4n) is 1.82. The van der Waals surface area contributed by atoms with Gasteiger partial charge in [0.1, 0.15) is 6.10 Å². The molecule has 1 heterocycles. The smallest absolute Gasteiger partial charge is 0.265 e. The van der Waals surface area contributed by atoms with E-state index in [0.29, 0.717) is 11.4 Å². The Kier molecular flexibility index (Phi) is 3.80. The summed E-state index contributed by atoms with van der Waals surface area (Å²) in [6.45, 7) is 1.61. The third kappa shape index (κ3) is 2.90. The van der Waals surface area contributed by atoms with Crippen molar-refractivity contribution in [2.75, 3.05) is 17.6 Å². The molecule has 1 aromatic carbocycles. The molecule has 0 aliphatic rings. The van der Waals surface area contributed by atoms with Crippen molar-refractivity contribution in [2.45, 2.75) is 19.5 Å². The van der Waals surface area contributed by atoms with Gasteiger partial charge < -0.3 is 16.2 Å². The number of alkyl halides is 2. The van der Waals surface area contributed by atoms with Crippen LogP contribution in [-0.2, 0) is 0 Å². The molecule has 19 heavy (non-hydrogen) atoms. The van der Waals surface area contributed by atoms with Crippen molar-refractivity contribution in [3.05, 3.63) is 30.1 Å². The first-order valence-electron chi connectivity index (χ1n) is 5.84. The highest BCUT2D eigenvalue weighted by Crippen LogP contribution is 2.28. The molecule has 6 heteroatoms. The largest absolute Gasteiger partial charge is 0.398 e. The van der Waals surface area contributed by atoms with E-state index in [4.69, 9.17) is 10.8 Å².